The largest absolute Gasteiger partial charge is 0.305 e. The van der Waals surface area contributed by atoms with Gasteiger partial charge in [0.2, 0.25) is 0 Å². The Labute approximate surface area is 96.2 Å². The van der Waals surface area contributed by atoms with E-state index in [0.717, 1.165) is 12.0 Å². The summed E-state index contributed by atoms with van der Waals surface area (Å²) in [4.78, 5) is 0. The number of nitrogens with one attached hydrogen (secondary N) is 1. The van der Waals surface area contributed by atoms with Crippen molar-refractivity contribution >= 4 is 0 Å². The van der Waals surface area contributed by atoms with E-state index in [-0.39, 0.29) is 0 Å². The first kappa shape index (κ1) is 9.23. The highest BCUT2D eigenvalue weighted by molar-refractivity contribution is 5.37. The van der Waals surface area contributed by atoms with E-state index in [9.17, 15) is 0 Å². The number of hydrogen-bond donors (Lipinski definition) is 1. The highest BCUT2D eigenvalue weighted by atomic mass is 15.3. The number of rotatable bonds is 1. The summed E-state index contributed by atoms with van der Waals surface area (Å²) in [7, 11) is 2.13. The average molecular weight is 217 g/mol. The Balaban J connectivity index is 1.84. The van der Waals surface area contributed by atoms with Crippen LogP contribution in [0.2, 0.25) is 0 Å². The van der Waals surface area contributed by atoms with Gasteiger partial charge < -0.3 is 5.32 Å². The summed E-state index contributed by atoms with van der Waals surface area (Å²) in [6.07, 6.45) is 8.01. The van der Waals surface area contributed by atoms with E-state index >= 15 is 0 Å². The van der Waals surface area contributed by atoms with Crippen molar-refractivity contribution in [2.75, 3.05) is 0 Å². The molecule has 3 aliphatic rings. The molecular weight excluding hydrogens is 198 g/mol. The van der Waals surface area contributed by atoms with Crippen LogP contribution in [0.3, 0.4) is 0 Å². The molecule has 0 aromatic carbocycles. The summed E-state index contributed by atoms with van der Waals surface area (Å²) in [5.41, 5.74) is 4.55. The number of hydrogen-bond acceptors (Lipinski definition) is 2. The molecule has 1 N–H and O–H groups in total. The van der Waals surface area contributed by atoms with Crippen molar-refractivity contribution < 1.29 is 0 Å². The minimum atomic E-state index is 0.557. The maximum Gasteiger partial charge on any atom is 0.0829 e. The van der Waals surface area contributed by atoms with E-state index in [1.165, 1.54) is 44.2 Å². The lowest BCUT2D eigenvalue weighted by Gasteiger charge is -2.35. The van der Waals surface area contributed by atoms with Crippen LogP contribution in [0.4, 0.5) is 0 Å². The third-order valence-electron chi connectivity index (χ3n) is 4.45. The molecule has 0 radical (unpaired) electrons. The van der Waals surface area contributed by atoms with E-state index in [0.29, 0.717) is 6.04 Å². The number of fused-ring (bicyclic) bond motifs is 4. The first-order valence-corrected chi connectivity index (χ1v) is 6.64. The molecule has 1 saturated carbocycles. The van der Waals surface area contributed by atoms with Gasteiger partial charge in [-0.1, -0.05) is 0 Å². The molecule has 1 aromatic rings. The molecule has 1 aliphatic carbocycles. The molecule has 0 spiro atoms. The molecule has 1 aromatic heterocycles. The number of nitrogens with zero attached hydrogens (tertiary/aromatic N) is 2. The van der Waals surface area contributed by atoms with Gasteiger partial charge >= 0.3 is 0 Å². The van der Waals surface area contributed by atoms with Gasteiger partial charge in [-0.15, -0.1) is 0 Å². The van der Waals surface area contributed by atoms with Crippen LogP contribution in [0.25, 0.3) is 0 Å². The van der Waals surface area contributed by atoms with Crippen LogP contribution in [-0.2, 0) is 13.5 Å². The van der Waals surface area contributed by atoms with Crippen molar-refractivity contribution in [3.8, 4) is 0 Å². The minimum absolute atomic E-state index is 0.557. The number of piperidine rings is 1. The van der Waals surface area contributed by atoms with Crippen molar-refractivity contribution in [3.05, 3.63) is 17.0 Å². The predicted octanol–water partition coefficient (Wildman–Crippen LogP) is 2.04. The van der Waals surface area contributed by atoms with Crippen LogP contribution in [0.15, 0.2) is 0 Å². The fourth-order valence-electron chi connectivity index (χ4n) is 3.60. The van der Waals surface area contributed by atoms with Crippen LogP contribution in [0, 0.1) is 0 Å². The lowest BCUT2D eigenvalue weighted by Crippen LogP contribution is -2.42. The summed E-state index contributed by atoms with van der Waals surface area (Å²) >= 11 is 0. The molecule has 16 heavy (non-hydrogen) atoms. The second-order valence-corrected chi connectivity index (χ2v) is 5.70. The van der Waals surface area contributed by atoms with Crippen LogP contribution in [-0.4, -0.2) is 15.8 Å². The van der Waals surface area contributed by atoms with Gasteiger partial charge in [-0.2, -0.15) is 5.10 Å². The van der Waals surface area contributed by atoms with Crippen LogP contribution in [0.5, 0.6) is 0 Å². The molecule has 0 amide bonds. The lowest BCUT2D eigenvalue weighted by atomic mass is 9.84. The van der Waals surface area contributed by atoms with Gasteiger partial charge in [0.15, 0.2) is 0 Å². The van der Waals surface area contributed by atoms with E-state index in [2.05, 4.69) is 17.0 Å². The van der Waals surface area contributed by atoms with Crippen molar-refractivity contribution in [2.24, 2.45) is 7.05 Å². The van der Waals surface area contributed by atoms with Crippen molar-refractivity contribution in [2.45, 2.75) is 56.5 Å². The van der Waals surface area contributed by atoms with Crippen molar-refractivity contribution in [3.63, 3.8) is 0 Å². The summed E-state index contributed by atoms with van der Waals surface area (Å²) in [5.74, 6) is 0.833. The van der Waals surface area contributed by atoms with Gasteiger partial charge in [-0.3, -0.25) is 4.68 Å². The third-order valence-corrected chi connectivity index (χ3v) is 4.45. The van der Waals surface area contributed by atoms with Gasteiger partial charge in [-0.05, 0) is 44.1 Å². The zero-order chi connectivity index (χ0) is 10.7. The molecule has 0 unspecified atom stereocenters. The Morgan fingerprint density at radius 1 is 1.25 bits per heavy atom. The number of aromatic nitrogens is 2. The van der Waals surface area contributed by atoms with Gasteiger partial charge in [0.1, 0.15) is 0 Å². The first-order chi connectivity index (χ1) is 7.83. The summed E-state index contributed by atoms with van der Waals surface area (Å²) in [5, 5.41) is 8.52. The lowest BCUT2D eigenvalue weighted by molar-refractivity contribution is 0.297. The molecule has 2 bridgehead atoms. The van der Waals surface area contributed by atoms with Crippen molar-refractivity contribution in [1.82, 2.24) is 15.1 Å². The third kappa shape index (κ3) is 1.21. The molecule has 2 atom stereocenters. The minimum Gasteiger partial charge on any atom is -0.305 e. The second kappa shape index (κ2) is 3.10. The first-order valence-electron chi connectivity index (χ1n) is 6.64. The maximum atomic E-state index is 4.79. The standard InChI is InChI=1S/C13H19N3/c1-16-13(8-5-6-8)10-7-9-3-2-4-11(14-9)12(10)15-16/h8-9,11,14H,2-7H2,1H3/t9-,11+/m1/s1. The fourth-order valence-corrected chi connectivity index (χ4v) is 3.60. The van der Waals surface area contributed by atoms with Gasteiger partial charge in [0, 0.05) is 24.7 Å². The Morgan fingerprint density at radius 3 is 2.94 bits per heavy atom. The monoisotopic (exact) mass is 217 g/mol. The second-order valence-electron chi connectivity index (χ2n) is 5.70. The molecule has 3 heteroatoms. The Bertz CT molecular complexity index is 431. The molecule has 1 saturated heterocycles. The van der Waals surface area contributed by atoms with E-state index in [1.54, 1.807) is 11.3 Å². The number of aryl methyl sites for hydroxylation is 1. The zero-order valence-corrected chi connectivity index (χ0v) is 9.87. The van der Waals surface area contributed by atoms with Crippen LogP contribution < -0.4 is 5.32 Å². The molecule has 3 heterocycles. The topological polar surface area (TPSA) is 29.9 Å². The molecule has 3 nitrogen and oxygen atoms in total. The van der Waals surface area contributed by atoms with Gasteiger partial charge in [-0.25, -0.2) is 0 Å². The van der Waals surface area contributed by atoms with Gasteiger partial charge in [0.25, 0.3) is 0 Å². The van der Waals surface area contributed by atoms with E-state index < -0.39 is 0 Å². The Hall–Kier alpha value is -0.830. The quantitative estimate of drug-likeness (QED) is 0.780. The van der Waals surface area contributed by atoms with Crippen molar-refractivity contribution in [1.29, 1.82) is 0 Å². The molecule has 2 fully saturated rings. The van der Waals surface area contributed by atoms with Gasteiger partial charge in [0.05, 0.1) is 11.7 Å². The van der Waals surface area contributed by atoms with Crippen LogP contribution in [0.1, 0.15) is 61.0 Å². The Morgan fingerprint density at radius 2 is 2.12 bits per heavy atom. The predicted molar refractivity (Wildman–Crippen MR) is 62.4 cm³/mol. The summed E-state index contributed by atoms with van der Waals surface area (Å²) < 4.78 is 2.17. The van der Waals surface area contributed by atoms with E-state index in [1.807, 2.05) is 0 Å². The molecule has 2 aliphatic heterocycles. The SMILES string of the molecule is Cn1nc2c(c1C1CC1)C[C@H]1CCC[C@@H]2N1. The molecule has 86 valence electrons. The zero-order valence-electron chi connectivity index (χ0n) is 9.87. The average Bonchev–Trinajstić information content (AvgIpc) is 3.04. The fraction of sp³-hybridized carbons (Fsp3) is 0.769. The smallest absolute Gasteiger partial charge is 0.0829 e. The molecular formula is C13H19N3. The highest BCUT2D eigenvalue weighted by Crippen LogP contribution is 2.45. The Kier molecular flexibility index (Phi) is 1.79. The maximum absolute atomic E-state index is 4.79. The van der Waals surface area contributed by atoms with E-state index in [4.69, 9.17) is 5.10 Å². The normalized spacial score (nSPS) is 32.6. The van der Waals surface area contributed by atoms with Crippen LogP contribution >= 0.6 is 0 Å². The molecule has 4 rings (SSSR count). The summed E-state index contributed by atoms with van der Waals surface area (Å²) in [6.45, 7) is 0. The summed E-state index contributed by atoms with van der Waals surface area (Å²) in [6, 6.07) is 1.29. The highest BCUT2D eigenvalue weighted by Gasteiger charge is 2.38.